The average Bonchev–Trinajstić information content (AvgIpc) is 2.71. The van der Waals surface area contributed by atoms with Gasteiger partial charge in [-0.25, -0.2) is 9.69 Å². The Labute approximate surface area is 121 Å². The molecule has 0 bridgehead atoms. The molecular weight excluding hydrogens is 266 g/mol. The van der Waals surface area contributed by atoms with Crippen molar-refractivity contribution in [1.82, 2.24) is 10.2 Å². The number of rotatable bonds is 2. The number of carbonyl (C=O) groups is 2. The molecular formula is C16H13N3O2. The van der Waals surface area contributed by atoms with E-state index < -0.39 is 17.5 Å². The van der Waals surface area contributed by atoms with Gasteiger partial charge in [0.1, 0.15) is 12.1 Å². The molecule has 0 aromatic heterocycles. The third-order valence-corrected chi connectivity index (χ3v) is 3.83. The van der Waals surface area contributed by atoms with Gasteiger partial charge in [0.25, 0.3) is 5.91 Å². The van der Waals surface area contributed by atoms with Crippen molar-refractivity contribution in [2.45, 2.75) is 12.5 Å². The van der Waals surface area contributed by atoms with Crippen LogP contribution in [0, 0.1) is 11.3 Å². The van der Waals surface area contributed by atoms with Crippen LogP contribution in [0.15, 0.2) is 42.5 Å². The number of hydrogen-bond donors (Lipinski definition) is 1. The fourth-order valence-electron chi connectivity index (χ4n) is 2.61. The lowest BCUT2D eigenvalue weighted by atomic mass is 9.90. The van der Waals surface area contributed by atoms with E-state index in [0.717, 1.165) is 15.7 Å². The molecule has 1 saturated heterocycles. The van der Waals surface area contributed by atoms with Crippen molar-refractivity contribution in [3.05, 3.63) is 48.0 Å². The predicted octanol–water partition coefficient (Wildman–Crippen LogP) is 2.13. The minimum atomic E-state index is -1.13. The second-order valence-corrected chi connectivity index (χ2v) is 5.17. The van der Waals surface area contributed by atoms with Crippen molar-refractivity contribution < 1.29 is 9.59 Å². The summed E-state index contributed by atoms with van der Waals surface area (Å²) in [6, 6.07) is 14.8. The molecule has 1 aliphatic heterocycles. The van der Waals surface area contributed by atoms with E-state index in [1.54, 1.807) is 6.92 Å². The van der Waals surface area contributed by atoms with Crippen LogP contribution in [-0.4, -0.2) is 23.4 Å². The van der Waals surface area contributed by atoms with Gasteiger partial charge in [-0.1, -0.05) is 36.4 Å². The van der Waals surface area contributed by atoms with Gasteiger partial charge in [-0.15, -0.1) is 0 Å². The third-order valence-electron chi connectivity index (χ3n) is 3.83. The summed E-state index contributed by atoms with van der Waals surface area (Å²) in [6.45, 7) is 1.42. The van der Waals surface area contributed by atoms with E-state index in [2.05, 4.69) is 5.32 Å². The number of nitrogens with one attached hydrogen (secondary N) is 1. The number of carbonyl (C=O) groups excluding carboxylic acids is 2. The van der Waals surface area contributed by atoms with Gasteiger partial charge in [-0.3, -0.25) is 4.79 Å². The van der Waals surface area contributed by atoms with Crippen LogP contribution in [0.4, 0.5) is 4.79 Å². The minimum absolute atomic E-state index is 0.242. The fourth-order valence-corrected chi connectivity index (χ4v) is 2.61. The molecule has 1 atom stereocenters. The molecule has 0 saturated carbocycles. The smallest absolute Gasteiger partial charge is 0.319 e. The number of amides is 3. The first kappa shape index (κ1) is 13.1. The first-order chi connectivity index (χ1) is 10.1. The first-order valence-electron chi connectivity index (χ1n) is 6.56. The first-order valence-corrected chi connectivity index (χ1v) is 6.56. The Morgan fingerprint density at radius 1 is 1.19 bits per heavy atom. The van der Waals surface area contributed by atoms with E-state index in [1.165, 1.54) is 0 Å². The van der Waals surface area contributed by atoms with Gasteiger partial charge in [0.05, 0.1) is 6.07 Å². The molecule has 1 N–H and O–H groups in total. The summed E-state index contributed by atoms with van der Waals surface area (Å²) in [5, 5.41) is 13.5. The maximum absolute atomic E-state index is 12.5. The Hall–Kier alpha value is -2.87. The fraction of sp³-hybridized carbons (Fsp3) is 0.188. The van der Waals surface area contributed by atoms with E-state index in [9.17, 15) is 9.59 Å². The lowest BCUT2D eigenvalue weighted by Crippen LogP contribution is -2.40. The molecule has 0 radical (unpaired) electrons. The van der Waals surface area contributed by atoms with Crippen LogP contribution in [0.5, 0.6) is 0 Å². The van der Waals surface area contributed by atoms with E-state index in [-0.39, 0.29) is 6.54 Å². The van der Waals surface area contributed by atoms with E-state index in [0.29, 0.717) is 5.56 Å². The van der Waals surface area contributed by atoms with Crippen LogP contribution >= 0.6 is 0 Å². The zero-order valence-corrected chi connectivity index (χ0v) is 11.5. The molecule has 1 unspecified atom stereocenters. The Kier molecular flexibility index (Phi) is 2.88. The van der Waals surface area contributed by atoms with Crippen LogP contribution in [0.1, 0.15) is 12.5 Å². The van der Waals surface area contributed by atoms with Crippen molar-refractivity contribution in [2.24, 2.45) is 0 Å². The maximum atomic E-state index is 12.5. The SMILES string of the molecule is CC1(c2ccc3ccccc3c2)NC(=O)N(CC#N)C1=O. The standard InChI is InChI=1S/C16H13N3O2/c1-16(14(20)19(9-8-17)15(21)18-16)13-7-6-11-4-2-3-5-12(11)10-13/h2-7,10H,9H2,1H3,(H,18,21). The van der Waals surface area contributed by atoms with E-state index in [4.69, 9.17) is 5.26 Å². The Balaban J connectivity index is 2.07. The van der Waals surface area contributed by atoms with Crippen molar-refractivity contribution in [1.29, 1.82) is 5.26 Å². The zero-order valence-electron chi connectivity index (χ0n) is 11.5. The molecule has 1 heterocycles. The largest absolute Gasteiger partial charge is 0.326 e. The third kappa shape index (κ3) is 1.93. The molecule has 5 nitrogen and oxygen atoms in total. The van der Waals surface area contributed by atoms with E-state index in [1.807, 2.05) is 48.5 Å². The second kappa shape index (κ2) is 4.60. The van der Waals surface area contributed by atoms with Gasteiger partial charge in [-0.05, 0) is 29.3 Å². The highest BCUT2D eigenvalue weighted by molar-refractivity contribution is 6.07. The second-order valence-electron chi connectivity index (χ2n) is 5.17. The van der Waals surface area contributed by atoms with Crippen LogP contribution in [0.2, 0.25) is 0 Å². The number of urea groups is 1. The van der Waals surface area contributed by atoms with Crippen LogP contribution in [0.25, 0.3) is 10.8 Å². The highest BCUT2D eigenvalue weighted by Gasteiger charge is 2.48. The minimum Gasteiger partial charge on any atom is -0.319 e. The van der Waals surface area contributed by atoms with Gasteiger partial charge in [0.2, 0.25) is 0 Å². The van der Waals surface area contributed by atoms with Gasteiger partial charge >= 0.3 is 6.03 Å². The number of hydrogen-bond acceptors (Lipinski definition) is 3. The summed E-state index contributed by atoms with van der Waals surface area (Å²) >= 11 is 0. The van der Waals surface area contributed by atoms with Crippen LogP contribution < -0.4 is 5.32 Å². The normalized spacial score (nSPS) is 21.4. The molecule has 0 aliphatic carbocycles. The van der Waals surface area contributed by atoms with Crippen molar-refractivity contribution in [3.8, 4) is 6.07 Å². The Bertz CT molecular complexity index is 793. The van der Waals surface area contributed by atoms with Crippen LogP contribution in [-0.2, 0) is 10.3 Å². The predicted molar refractivity (Wildman–Crippen MR) is 77.2 cm³/mol. The lowest BCUT2D eigenvalue weighted by molar-refractivity contribution is -0.130. The molecule has 1 fully saturated rings. The summed E-state index contributed by atoms with van der Waals surface area (Å²) < 4.78 is 0. The molecule has 2 aromatic carbocycles. The summed E-state index contributed by atoms with van der Waals surface area (Å²) in [6.07, 6.45) is 0. The zero-order chi connectivity index (χ0) is 15.0. The molecule has 3 amide bonds. The van der Waals surface area contributed by atoms with Crippen molar-refractivity contribution in [3.63, 3.8) is 0 Å². The van der Waals surface area contributed by atoms with Gasteiger partial charge in [0, 0.05) is 0 Å². The quantitative estimate of drug-likeness (QED) is 0.676. The maximum Gasteiger partial charge on any atom is 0.326 e. The molecule has 3 rings (SSSR count). The summed E-state index contributed by atoms with van der Waals surface area (Å²) in [5.41, 5.74) is -0.419. The van der Waals surface area contributed by atoms with Crippen molar-refractivity contribution >= 4 is 22.7 Å². The number of imide groups is 1. The average molecular weight is 279 g/mol. The lowest BCUT2D eigenvalue weighted by Gasteiger charge is -2.22. The summed E-state index contributed by atoms with van der Waals surface area (Å²) in [7, 11) is 0. The molecule has 1 aliphatic rings. The molecule has 104 valence electrons. The highest BCUT2D eigenvalue weighted by Crippen LogP contribution is 2.30. The summed E-state index contributed by atoms with van der Waals surface area (Å²) in [5.74, 6) is -0.399. The monoisotopic (exact) mass is 279 g/mol. The molecule has 21 heavy (non-hydrogen) atoms. The van der Waals surface area contributed by atoms with Gasteiger partial charge in [-0.2, -0.15) is 5.26 Å². The number of nitrogens with zero attached hydrogens (tertiary/aromatic N) is 2. The Morgan fingerprint density at radius 3 is 2.62 bits per heavy atom. The number of benzene rings is 2. The van der Waals surface area contributed by atoms with Crippen molar-refractivity contribution in [2.75, 3.05) is 6.54 Å². The van der Waals surface area contributed by atoms with E-state index >= 15 is 0 Å². The topological polar surface area (TPSA) is 73.2 Å². The molecule has 0 spiro atoms. The highest BCUT2D eigenvalue weighted by atomic mass is 16.2. The molecule has 2 aromatic rings. The number of fused-ring (bicyclic) bond motifs is 1. The Morgan fingerprint density at radius 2 is 1.90 bits per heavy atom. The molecule has 5 heteroatoms. The summed E-state index contributed by atoms with van der Waals surface area (Å²) in [4.78, 5) is 25.3. The van der Waals surface area contributed by atoms with Gasteiger partial charge < -0.3 is 5.32 Å². The van der Waals surface area contributed by atoms with Crippen LogP contribution in [0.3, 0.4) is 0 Å². The number of nitriles is 1. The van der Waals surface area contributed by atoms with Gasteiger partial charge in [0.15, 0.2) is 0 Å².